The molecule has 1 fully saturated rings. The van der Waals surface area contributed by atoms with E-state index in [2.05, 4.69) is 5.32 Å². The maximum absolute atomic E-state index is 11.7. The molecule has 5 nitrogen and oxygen atoms in total. The van der Waals surface area contributed by atoms with Crippen molar-refractivity contribution in [3.05, 3.63) is 0 Å². The van der Waals surface area contributed by atoms with Crippen molar-refractivity contribution in [3.8, 4) is 0 Å². The third-order valence-electron chi connectivity index (χ3n) is 2.69. The van der Waals surface area contributed by atoms with Gasteiger partial charge >= 0.3 is 0 Å². The Bertz CT molecular complexity index is 353. The highest BCUT2D eigenvalue weighted by Crippen LogP contribution is 2.15. The van der Waals surface area contributed by atoms with Gasteiger partial charge in [0.1, 0.15) is 9.84 Å². The lowest BCUT2D eigenvalue weighted by atomic mass is 10.2. The van der Waals surface area contributed by atoms with E-state index in [1.54, 1.807) is 11.8 Å². The minimum Gasteiger partial charge on any atom is -0.322 e. The Balaban J connectivity index is 2.71. The van der Waals surface area contributed by atoms with Crippen molar-refractivity contribution in [2.24, 2.45) is 0 Å². The molecule has 1 amide bonds. The molecule has 2 unspecified atom stereocenters. The maximum atomic E-state index is 11.7. The zero-order valence-corrected chi connectivity index (χ0v) is 10.9. The van der Waals surface area contributed by atoms with E-state index >= 15 is 0 Å². The van der Waals surface area contributed by atoms with Crippen molar-refractivity contribution >= 4 is 15.7 Å². The fraction of sp³-hybridized carbons (Fsp3) is 0.900. The minimum atomic E-state index is -3.04. The lowest BCUT2D eigenvalue weighted by Gasteiger charge is -2.29. The molecule has 1 rings (SSSR count). The molecular formula is C10H20N2O3S. The van der Waals surface area contributed by atoms with Crippen LogP contribution in [0.5, 0.6) is 0 Å². The van der Waals surface area contributed by atoms with E-state index < -0.39 is 9.84 Å². The molecule has 0 spiro atoms. The molecule has 0 bridgehead atoms. The summed E-state index contributed by atoms with van der Waals surface area (Å²) in [6.07, 6.45) is 3.02. The predicted molar refractivity (Wildman–Crippen MR) is 62.7 cm³/mol. The Morgan fingerprint density at radius 2 is 2.19 bits per heavy atom. The van der Waals surface area contributed by atoms with Crippen LogP contribution in [0, 0.1) is 0 Å². The molecule has 2 atom stereocenters. The van der Waals surface area contributed by atoms with Gasteiger partial charge in [0.2, 0.25) is 5.91 Å². The van der Waals surface area contributed by atoms with Gasteiger partial charge in [-0.2, -0.15) is 0 Å². The second-order valence-electron chi connectivity index (χ2n) is 4.43. The van der Waals surface area contributed by atoms with Crippen LogP contribution < -0.4 is 5.32 Å². The topological polar surface area (TPSA) is 66.5 Å². The van der Waals surface area contributed by atoms with Gasteiger partial charge < -0.3 is 4.90 Å². The summed E-state index contributed by atoms with van der Waals surface area (Å²) in [7, 11) is -3.04. The summed E-state index contributed by atoms with van der Waals surface area (Å²) in [6, 6.07) is -0.256. The lowest BCUT2D eigenvalue weighted by molar-refractivity contribution is -0.129. The monoisotopic (exact) mass is 248 g/mol. The van der Waals surface area contributed by atoms with Crippen LogP contribution in [0.3, 0.4) is 0 Å². The summed E-state index contributed by atoms with van der Waals surface area (Å²) in [5.74, 6) is 0.0234. The molecule has 0 saturated carbocycles. The number of hydrogen-bond donors (Lipinski definition) is 1. The van der Waals surface area contributed by atoms with E-state index in [1.165, 1.54) is 6.26 Å². The summed E-state index contributed by atoms with van der Waals surface area (Å²) in [5.41, 5.74) is 0. The molecule has 0 aromatic heterocycles. The van der Waals surface area contributed by atoms with E-state index in [0.717, 1.165) is 12.8 Å². The third kappa shape index (κ3) is 3.45. The summed E-state index contributed by atoms with van der Waals surface area (Å²) in [5, 5.41) is 3.11. The highest BCUT2D eigenvalue weighted by Gasteiger charge is 2.34. The third-order valence-corrected chi connectivity index (χ3v) is 3.78. The first-order valence-electron chi connectivity index (χ1n) is 5.57. The number of nitrogens with one attached hydrogen (secondary N) is 1. The average Bonchev–Trinajstić information content (AvgIpc) is 2.44. The predicted octanol–water partition coefficient (Wildman–Crippen LogP) is -0.0225. The van der Waals surface area contributed by atoms with Crippen LogP contribution in [0.25, 0.3) is 0 Å². The van der Waals surface area contributed by atoms with Gasteiger partial charge in [-0.25, -0.2) is 8.42 Å². The molecular weight excluding hydrogens is 228 g/mol. The molecule has 1 heterocycles. The SMILES string of the molecule is CCCC1NCC(=O)N1C(C)CS(C)(=O)=O. The zero-order valence-electron chi connectivity index (χ0n) is 10.1. The van der Waals surface area contributed by atoms with E-state index in [4.69, 9.17) is 0 Å². The van der Waals surface area contributed by atoms with Crippen LogP contribution >= 0.6 is 0 Å². The van der Waals surface area contributed by atoms with Crippen LogP contribution in [0.1, 0.15) is 26.7 Å². The van der Waals surface area contributed by atoms with Gasteiger partial charge in [0.05, 0.1) is 18.5 Å². The van der Waals surface area contributed by atoms with Gasteiger partial charge in [-0.1, -0.05) is 13.3 Å². The molecule has 1 aliphatic heterocycles. The quantitative estimate of drug-likeness (QED) is 0.742. The first-order chi connectivity index (χ1) is 7.35. The number of carbonyl (C=O) groups is 1. The summed E-state index contributed by atoms with van der Waals surface area (Å²) in [4.78, 5) is 13.3. The van der Waals surface area contributed by atoms with Gasteiger partial charge in [-0.3, -0.25) is 10.1 Å². The smallest absolute Gasteiger partial charge is 0.238 e. The van der Waals surface area contributed by atoms with Crippen molar-refractivity contribution in [2.75, 3.05) is 18.6 Å². The number of nitrogens with zero attached hydrogens (tertiary/aromatic N) is 1. The number of rotatable bonds is 5. The molecule has 94 valence electrons. The van der Waals surface area contributed by atoms with Gasteiger partial charge in [0.25, 0.3) is 0 Å². The normalized spacial score (nSPS) is 23.8. The highest BCUT2D eigenvalue weighted by atomic mass is 32.2. The van der Waals surface area contributed by atoms with Gasteiger partial charge in [0.15, 0.2) is 0 Å². The fourth-order valence-electron chi connectivity index (χ4n) is 2.15. The zero-order chi connectivity index (χ0) is 12.3. The molecule has 1 saturated heterocycles. The largest absolute Gasteiger partial charge is 0.322 e. The second kappa shape index (κ2) is 5.14. The Kier molecular flexibility index (Phi) is 4.32. The summed E-state index contributed by atoms with van der Waals surface area (Å²) in [6.45, 7) is 4.15. The van der Waals surface area contributed by atoms with Crippen molar-refractivity contribution < 1.29 is 13.2 Å². The molecule has 1 N–H and O–H groups in total. The van der Waals surface area contributed by atoms with Gasteiger partial charge in [-0.15, -0.1) is 0 Å². The average molecular weight is 248 g/mol. The molecule has 0 radical (unpaired) electrons. The number of hydrogen-bond acceptors (Lipinski definition) is 4. The Hall–Kier alpha value is -0.620. The number of carbonyl (C=O) groups excluding carboxylic acids is 1. The first kappa shape index (κ1) is 13.4. The van der Waals surface area contributed by atoms with E-state index in [9.17, 15) is 13.2 Å². The first-order valence-corrected chi connectivity index (χ1v) is 7.63. The molecule has 0 aliphatic carbocycles. The van der Waals surface area contributed by atoms with Crippen LogP contribution in [-0.4, -0.2) is 50.0 Å². The van der Waals surface area contributed by atoms with Crippen LogP contribution in [0.15, 0.2) is 0 Å². The van der Waals surface area contributed by atoms with E-state index in [0.29, 0.717) is 6.54 Å². The fourth-order valence-corrected chi connectivity index (χ4v) is 3.19. The summed E-state index contributed by atoms with van der Waals surface area (Å²) >= 11 is 0. The molecule has 1 aliphatic rings. The van der Waals surface area contributed by atoms with Crippen molar-refractivity contribution in [1.82, 2.24) is 10.2 Å². The Morgan fingerprint density at radius 3 is 2.69 bits per heavy atom. The van der Waals surface area contributed by atoms with E-state index in [-0.39, 0.29) is 23.9 Å². The van der Waals surface area contributed by atoms with E-state index in [1.807, 2.05) is 6.92 Å². The molecule has 6 heteroatoms. The van der Waals surface area contributed by atoms with Gasteiger partial charge in [0, 0.05) is 12.3 Å². The van der Waals surface area contributed by atoms with Crippen LogP contribution in [0.4, 0.5) is 0 Å². The molecule has 0 aromatic carbocycles. The Labute approximate surface area is 97.1 Å². The number of amides is 1. The summed E-state index contributed by atoms with van der Waals surface area (Å²) < 4.78 is 22.4. The van der Waals surface area contributed by atoms with Crippen molar-refractivity contribution in [1.29, 1.82) is 0 Å². The van der Waals surface area contributed by atoms with Crippen molar-refractivity contribution in [2.45, 2.75) is 38.9 Å². The van der Waals surface area contributed by atoms with Crippen LogP contribution in [0.2, 0.25) is 0 Å². The van der Waals surface area contributed by atoms with Crippen LogP contribution in [-0.2, 0) is 14.6 Å². The highest BCUT2D eigenvalue weighted by molar-refractivity contribution is 7.90. The molecule has 0 aromatic rings. The van der Waals surface area contributed by atoms with Gasteiger partial charge in [-0.05, 0) is 13.3 Å². The minimum absolute atomic E-state index is 0.00500. The standard InChI is InChI=1S/C10H20N2O3S/c1-4-5-9-11-6-10(13)12(9)8(2)7-16(3,14)15/h8-9,11H,4-7H2,1-3H3. The number of sulfone groups is 1. The maximum Gasteiger partial charge on any atom is 0.238 e. The Morgan fingerprint density at radius 1 is 1.56 bits per heavy atom. The lowest BCUT2D eigenvalue weighted by Crippen LogP contribution is -2.46. The van der Waals surface area contributed by atoms with Crippen molar-refractivity contribution in [3.63, 3.8) is 0 Å². The second-order valence-corrected chi connectivity index (χ2v) is 6.61. The molecule has 16 heavy (non-hydrogen) atoms.